The van der Waals surface area contributed by atoms with Gasteiger partial charge in [-0.05, 0) is 53.1 Å². The Morgan fingerprint density at radius 1 is 0.882 bits per heavy atom. The maximum absolute atomic E-state index is 14.0. The number of amides is 2. The summed E-state index contributed by atoms with van der Waals surface area (Å²) in [5.41, 5.74) is 3.09. The van der Waals surface area contributed by atoms with Gasteiger partial charge in [-0.3, -0.25) is 18.8 Å². The fourth-order valence-electron chi connectivity index (χ4n) is 6.02. The minimum atomic E-state index is -4.02. The van der Waals surface area contributed by atoms with E-state index in [0.29, 0.717) is 40.1 Å². The lowest BCUT2D eigenvalue weighted by atomic mass is 9.93. The van der Waals surface area contributed by atoms with Crippen LogP contribution in [0.2, 0.25) is 10.0 Å². The number of likely N-dealkylation sites (tertiary alicyclic amines) is 1. The summed E-state index contributed by atoms with van der Waals surface area (Å²) in [6.07, 6.45) is -0.618. The Balaban J connectivity index is 1.25. The minimum Gasteiger partial charge on any atom is -0.497 e. The van der Waals surface area contributed by atoms with E-state index >= 15 is 0 Å². The zero-order chi connectivity index (χ0) is 36.5. The molecule has 1 aliphatic heterocycles. The number of sulfonamides is 1. The molecule has 51 heavy (non-hydrogen) atoms. The predicted octanol–water partition coefficient (Wildman–Crippen LogP) is 4.93. The fourth-order valence-corrected chi connectivity index (χ4v) is 7.85. The molecule has 1 saturated heterocycles. The highest BCUT2D eigenvalue weighted by Crippen LogP contribution is 2.37. The Labute approximate surface area is 307 Å². The van der Waals surface area contributed by atoms with Crippen LogP contribution >= 0.6 is 23.2 Å². The molecule has 1 unspecified atom stereocenters. The van der Waals surface area contributed by atoms with Gasteiger partial charge in [0.05, 0.1) is 30.6 Å². The number of carboxylic acid groups (broad SMARTS) is 1. The van der Waals surface area contributed by atoms with Crippen LogP contribution in [0.1, 0.15) is 29.2 Å². The average molecular weight is 754 g/mol. The summed E-state index contributed by atoms with van der Waals surface area (Å²) in [6.45, 7) is 0.523. The van der Waals surface area contributed by atoms with Gasteiger partial charge in [0.25, 0.3) is 0 Å². The van der Waals surface area contributed by atoms with E-state index in [-0.39, 0.29) is 19.0 Å². The number of benzene rings is 4. The number of hydrogen-bond acceptors (Lipinski definition) is 7. The number of ether oxygens (including phenoxy) is 1. The Morgan fingerprint density at radius 2 is 1.49 bits per heavy atom. The number of rotatable bonds is 16. The molecule has 11 nitrogen and oxygen atoms in total. The van der Waals surface area contributed by atoms with E-state index in [1.54, 1.807) is 54.6 Å². The number of anilines is 1. The maximum atomic E-state index is 14.0. The second-order valence-electron chi connectivity index (χ2n) is 12.1. The summed E-state index contributed by atoms with van der Waals surface area (Å²) in [4.78, 5) is 39.1. The molecule has 268 valence electrons. The van der Waals surface area contributed by atoms with Gasteiger partial charge in [0, 0.05) is 42.2 Å². The molecule has 1 atom stereocenters. The molecule has 2 amide bonds. The predicted molar refractivity (Wildman–Crippen MR) is 197 cm³/mol. The highest BCUT2D eigenvalue weighted by atomic mass is 35.5. The van der Waals surface area contributed by atoms with Crippen molar-refractivity contribution in [1.82, 2.24) is 15.5 Å². The third-order valence-corrected chi connectivity index (χ3v) is 10.8. The van der Waals surface area contributed by atoms with Gasteiger partial charge in [-0.15, -0.1) is 0 Å². The van der Waals surface area contributed by atoms with Crippen LogP contribution in [-0.2, 0) is 30.8 Å². The van der Waals surface area contributed by atoms with Crippen LogP contribution in [-0.4, -0.2) is 80.8 Å². The van der Waals surface area contributed by atoms with E-state index in [0.717, 1.165) is 11.1 Å². The Bertz CT molecular complexity index is 1880. The van der Waals surface area contributed by atoms with Crippen molar-refractivity contribution in [3.63, 3.8) is 0 Å². The molecule has 0 spiro atoms. The smallest absolute Gasteiger partial charge is 0.326 e. The van der Waals surface area contributed by atoms with Crippen molar-refractivity contribution in [1.29, 1.82) is 0 Å². The van der Waals surface area contributed by atoms with E-state index in [1.165, 1.54) is 11.4 Å². The largest absolute Gasteiger partial charge is 0.497 e. The summed E-state index contributed by atoms with van der Waals surface area (Å²) >= 11 is 12.4. The first-order valence-electron chi connectivity index (χ1n) is 16.2. The zero-order valence-corrected chi connectivity index (χ0v) is 30.1. The van der Waals surface area contributed by atoms with Crippen LogP contribution in [0.3, 0.4) is 0 Å². The van der Waals surface area contributed by atoms with E-state index in [9.17, 15) is 27.9 Å². The quantitative estimate of drug-likeness (QED) is 0.137. The van der Waals surface area contributed by atoms with Gasteiger partial charge < -0.3 is 20.5 Å². The van der Waals surface area contributed by atoms with Crippen LogP contribution in [0, 0.1) is 0 Å². The van der Waals surface area contributed by atoms with Crippen LogP contribution in [0.5, 0.6) is 5.75 Å². The third kappa shape index (κ3) is 10.0. The molecule has 14 heteroatoms. The number of carbonyl (C=O) groups is 3. The molecule has 0 saturated carbocycles. The van der Waals surface area contributed by atoms with E-state index < -0.39 is 52.1 Å². The molecule has 5 rings (SSSR count). The summed E-state index contributed by atoms with van der Waals surface area (Å²) in [5.74, 6) is -2.73. The highest BCUT2D eigenvalue weighted by Gasteiger charge is 2.42. The molecule has 4 aromatic rings. The van der Waals surface area contributed by atoms with Gasteiger partial charge in [-0.25, -0.2) is 13.2 Å². The Kier molecular flexibility index (Phi) is 12.6. The lowest BCUT2D eigenvalue weighted by molar-refractivity contribution is -0.142. The second kappa shape index (κ2) is 17.1. The van der Waals surface area contributed by atoms with Crippen molar-refractivity contribution in [3.8, 4) is 5.75 Å². The lowest BCUT2D eigenvalue weighted by Crippen LogP contribution is -2.62. The fraction of sp³-hybridized carbons (Fsp3) is 0.270. The van der Waals surface area contributed by atoms with Gasteiger partial charge in [0.2, 0.25) is 21.8 Å². The SMILES string of the molecule is COc1cccc(N(C2CN(C(c3ccc(Cl)cc3)c3ccc(Cl)cc3)C2)S(=O)(=O)CCNC(=O)CC(=O)NC(Cc2ccccc2)C(=O)O)c1. The third-order valence-electron chi connectivity index (χ3n) is 8.49. The van der Waals surface area contributed by atoms with Gasteiger partial charge >= 0.3 is 5.97 Å². The average Bonchev–Trinajstić information content (AvgIpc) is 3.08. The molecule has 1 heterocycles. The molecular formula is C37H38Cl2N4O7S. The number of carbonyl (C=O) groups excluding carboxylic acids is 2. The van der Waals surface area contributed by atoms with Crippen LogP contribution in [0.4, 0.5) is 5.69 Å². The van der Waals surface area contributed by atoms with Crippen molar-refractivity contribution in [2.45, 2.75) is 31.0 Å². The van der Waals surface area contributed by atoms with Gasteiger partial charge in [0.15, 0.2) is 0 Å². The lowest BCUT2D eigenvalue weighted by Gasteiger charge is -2.49. The van der Waals surface area contributed by atoms with Crippen molar-refractivity contribution in [2.24, 2.45) is 0 Å². The first-order valence-corrected chi connectivity index (χ1v) is 18.5. The second-order valence-corrected chi connectivity index (χ2v) is 14.9. The normalized spacial score (nSPS) is 14.0. The summed E-state index contributed by atoms with van der Waals surface area (Å²) in [7, 11) is -2.52. The summed E-state index contributed by atoms with van der Waals surface area (Å²) in [6, 6.07) is 28.7. The van der Waals surface area contributed by atoms with Gasteiger partial charge in [0.1, 0.15) is 18.2 Å². The molecule has 4 aromatic carbocycles. The van der Waals surface area contributed by atoms with Crippen molar-refractivity contribution < 1.29 is 32.6 Å². The van der Waals surface area contributed by atoms with Crippen LogP contribution < -0.4 is 19.7 Å². The highest BCUT2D eigenvalue weighted by molar-refractivity contribution is 7.92. The molecule has 0 bridgehead atoms. The summed E-state index contributed by atoms with van der Waals surface area (Å²) < 4.78 is 34.7. The number of aliphatic carboxylic acids is 1. The van der Waals surface area contributed by atoms with Crippen LogP contribution in [0.15, 0.2) is 103 Å². The zero-order valence-electron chi connectivity index (χ0n) is 27.7. The number of halogens is 2. The van der Waals surface area contributed by atoms with Crippen molar-refractivity contribution in [2.75, 3.05) is 36.8 Å². The van der Waals surface area contributed by atoms with Crippen molar-refractivity contribution in [3.05, 3.63) is 130 Å². The molecule has 0 aliphatic carbocycles. The Hall–Kier alpha value is -4.62. The first kappa shape index (κ1) is 37.6. The van der Waals surface area contributed by atoms with E-state index in [1.807, 2.05) is 48.5 Å². The summed E-state index contributed by atoms with van der Waals surface area (Å²) in [5, 5.41) is 15.6. The van der Waals surface area contributed by atoms with Crippen LogP contribution in [0.25, 0.3) is 0 Å². The number of methoxy groups -OCH3 is 1. The first-order chi connectivity index (χ1) is 24.4. The molecular weight excluding hydrogens is 715 g/mol. The van der Waals surface area contributed by atoms with E-state index in [2.05, 4.69) is 15.5 Å². The standard InChI is InChI=1S/C37H38Cl2N4O7S/c1-50-32-9-5-8-30(21-32)43(31-23-42(24-31)36(26-10-14-28(38)15-11-26)27-12-16-29(39)17-13-27)51(48,49)19-18-40-34(44)22-35(45)41-33(37(46)47)20-25-6-3-2-4-7-25/h2-17,21,31,33,36H,18-20,22-24H2,1H3,(H,40,44)(H,41,45)(H,46,47). The number of hydrogen-bond donors (Lipinski definition) is 3. The molecule has 0 aromatic heterocycles. The molecule has 0 radical (unpaired) electrons. The van der Waals surface area contributed by atoms with Gasteiger partial charge in [-0.2, -0.15) is 0 Å². The molecule has 1 aliphatic rings. The molecule has 1 fully saturated rings. The number of nitrogens with zero attached hydrogens (tertiary/aromatic N) is 2. The minimum absolute atomic E-state index is 0.0423. The number of nitrogens with one attached hydrogen (secondary N) is 2. The monoisotopic (exact) mass is 752 g/mol. The van der Waals surface area contributed by atoms with E-state index in [4.69, 9.17) is 27.9 Å². The molecule has 3 N–H and O–H groups in total. The Morgan fingerprint density at radius 3 is 2.06 bits per heavy atom. The van der Waals surface area contributed by atoms with Crippen molar-refractivity contribution >= 4 is 56.7 Å². The van der Waals surface area contributed by atoms with Gasteiger partial charge in [-0.1, -0.05) is 83.9 Å². The maximum Gasteiger partial charge on any atom is 0.326 e. The topological polar surface area (TPSA) is 145 Å². The number of carboxylic acids is 1.